The molecule has 8 aromatic rings. The molecule has 0 spiro atoms. The lowest BCUT2D eigenvalue weighted by Gasteiger charge is -2.14. The minimum Gasteiger partial charge on any atom is -0.308 e. The minimum absolute atomic E-state index is 0.961. The number of para-hydroxylation sites is 4. The second kappa shape index (κ2) is 7.27. The minimum atomic E-state index is 0.961. The molecule has 4 aromatic heterocycles. The van der Waals surface area contributed by atoms with Crippen molar-refractivity contribution in [2.75, 3.05) is 0 Å². The summed E-state index contributed by atoms with van der Waals surface area (Å²) in [6.07, 6.45) is 2.14. The van der Waals surface area contributed by atoms with Gasteiger partial charge in [0.2, 0.25) is 0 Å². The van der Waals surface area contributed by atoms with Crippen LogP contribution in [0.2, 0.25) is 0 Å². The van der Waals surface area contributed by atoms with E-state index >= 15 is 0 Å². The molecule has 0 aliphatic carbocycles. The summed E-state index contributed by atoms with van der Waals surface area (Å²) in [6.45, 7) is 0. The molecule has 0 fully saturated rings. The number of aromatic nitrogens is 4. The Balaban J connectivity index is 1.56. The van der Waals surface area contributed by atoms with Gasteiger partial charge in [-0.3, -0.25) is 4.40 Å². The maximum atomic E-state index is 5.07. The fourth-order valence-electron chi connectivity index (χ4n) is 5.53. The predicted octanol–water partition coefficient (Wildman–Crippen LogP) is 7.80. The van der Waals surface area contributed by atoms with Crippen molar-refractivity contribution in [1.29, 1.82) is 0 Å². The molecule has 0 amide bonds. The van der Waals surface area contributed by atoms with Gasteiger partial charge in [-0.2, -0.15) is 0 Å². The molecule has 0 aliphatic rings. The van der Waals surface area contributed by atoms with Crippen LogP contribution < -0.4 is 0 Å². The first kappa shape index (κ1) is 19.4. The lowest BCUT2D eigenvalue weighted by Crippen LogP contribution is -1.98. The second-order valence-electron chi connectivity index (χ2n) is 9.13. The zero-order valence-electron chi connectivity index (χ0n) is 19.3. The van der Waals surface area contributed by atoms with Crippen molar-refractivity contribution in [3.63, 3.8) is 0 Å². The van der Waals surface area contributed by atoms with Gasteiger partial charge in [-0.15, -0.1) is 0 Å². The van der Waals surface area contributed by atoms with Crippen molar-refractivity contribution in [3.8, 4) is 16.9 Å². The Morgan fingerprint density at radius 2 is 1.22 bits per heavy atom. The monoisotopic (exact) mass is 460 g/mol. The van der Waals surface area contributed by atoms with Crippen LogP contribution in [0.4, 0.5) is 0 Å². The third kappa shape index (κ3) is 2.64. The number of hydrogen-bond acceptors (Lipinski definition) is 2. The van der Waals surface area contributed by atoms with Crippen LogP contribution in [-0.4, -0.2) is 18.9 Å². The molecule has 4 heteroatoms. The number of pyridine rings is 2. The molecule has 0 atom stereocenters. The van der Waals surface area contributed by atoms with E-state index in [-0.39, 0.29) is 0 Å². The van der Waals surface area contributed by atoms with Gasteiger partial charge in [0.25, 0.3) is 0 Å². The summed E-state index contributed by atoms with van der Waals surface area (Å²) in [5.74, 6) is 0. The van der Waals surface area contributed by atoms with E-state index in [2.05, 4.69) is 118 Å². The molecule has 0 bridgehead atoms. The second-order valence-corrected chi connectivity index (χ2v) is 9.13. The van der Waals surface area contributed by atoms with Crippen molar-refractivity contribution in [2.45, 2.75) is 0 Å². The fraction of sp³-hybridized carbons (Fsp3) is 0. The van der Waals surface area contributed by atoms with Gasteiger partial charge in [0.05, 0.1) is 44.4 Å². The lowest BCUT2D eigenvalue weighted by atomic mass is 10.1. The summed E-state index contributed by atoms with van der Waals surface area (Å²) in [5.41, 5.74) is 9.55. The maximum absolute atomic E-state index is 5.07. The van der Waals surface area contributed by atoms with E-state index in [0.29, 0.717) is 0 Å². The van der Waals surface area contributed by atoms with E-state index in [1.54, 1.807) is 0 Å². The molecule has 0 unspecified atom stereocenters. The Bertz CT molecular complexity index is 2100. The van der Waals surface area contributed by atoms with Crippen LogP contribution in [0.15, 0.2) is 121 Å². The molecular formula is C32H20N4. The molecule has 0 saturated carbocycles. The summed E-state index contributed by atoms with van der Waals surface area (Å²) in [4.78, 5) is 10.1. The number of imidazole rings is 1. The number of rotatable bonds is 2. The van der Waals surface area contributed by atoms with Gasteiger partial charge in [-0.25, -0.2) is 9.97 Å². The molecule has 0 aliphatic heterocycles. The van der Waals surface area contributed by atoms with Gasteiger partial charge in [-0.05, 0) is 36.4 Å². The summed E-state index contributed by atoms with van der Waals surface area (Å²) in [5, 5.41) is 3.47. The Morgan fingerprint density at radius 1 is 0.528 bits per heavy atom. The third-order valence-electron chi connectivity index (χ3n) is 7.12. The van der Waals surface area contributed by atoms with Crippen LogP contribution in [0.1, 0.15) is 0 Å². The van der Waals surface area contributed by atoms with Crippen LogP contribution in [0.5, 0.6) is 0 Å². The zero-order chi connectivity index (χ0) is 23.6. The van der Waals surface area contributed by atoms with Gasteiger partial charge in [0.1, 0.15) is 5.65 Å². The van der Waals surface area contributed by atoms with Crippen molar-refractivity contribution in [1.82, 2.24) is 18.9 Å². The first-order valence-corrected chi connectivity index (χ1v) is 12.1. The highest BCUT2D eigenvalue weighted by molar-refractivity contribution is 6.17. The lowest BCUT2D eigenvalue weighted by molar-refractivity contribution is 1.17. The molecule has 36 heavy (non-hydrogen) atoms. The van der Waals surface area contributed by atoms with Crippen LogP contribution >= 0.6 is 0 Å². The summed E-state index contributed by atoms with van der Waals surface area (Å²) in [7, 11) is 0. The third-order valence-corrected chi connectivity index (χ3v) is 7.12. The summed E-state index contributed by atoms with van der Waals surface area (Å²) in [6, 6.07) is 40.2. The standard InChI is InChI=1S/C32H20N4/c1-2-10-21(11-3-1)26-20-30(22-12-4-6-14-24(22)33-26)36-27-16-8-5-13-23(27)31-29(36)18-19-35-28-17-9-7-15-25(28)34-32(31)35/h1-20H. The predicted molar refractivity (Wildman–Crippen MR) is 148 cm³/mol. The molecule has 8 rings (SSSR count). The van der Waals surface area contributed by atoms with E-state index < -0.39 is 0 Å². The largest absolute Gasteiger partial charge is 0.308 e. The first-order valence-electron chi connectivity index (χ1n) is 12.1. The van der Waals surface area contributed by atoms with Gasteiger partial charge in [0.15, 0.2) is 0 Å². The number of nitrogens with zero attached hydrogens (tertiary/aromatic N) is 4. The topological polar surface area (TPSA) is 35.1 Å². The molecule has 4 heterocycles. The molecule has 0 saturated heterocycles. The van der Waals surface area contributed by atoms with Gasteiger partial charge in [-0.1, -0.05) is 78.9 Å². The number of fused-ring (bicyclic) bond motifs is 8. The van der Waals surface area contributed by atoms with Crippen LogP contribution in [0, 0.1) is 0 Å². The fourth-order valence-corrected chi connectivity index (χ4v) is 5.53. The maximum Gasteiger partial charge on any atom is 0.148 e. The zero-order valence-corrected chi connectivity index (χ0v) is 19.3. The molecule has 0 radical (unpaired) electrons. The van der Waals surface area contributed by atoms with Crippen LogP contribution in [0.3, 0.4) is 0 Å². The van der Waals surface area contributed by atoms with Gasteiger partial charge < -0.3 is 4.57 Å². The summed E-state index contributed by atoms with van der Waals surface area (Å²) >= 11 is 0. The Hall–Kier alpha value is -4.96. The molecule has 4 nitrogen and oxygen atoms in total. The van der Waals surface area contributed by atoms with E-state index in [9.17, 15) is 0 Å². The quantitative estimate of drug-likeness (QED) is 0.264. The van der Waals surface area contributed by atoms with Crippen molar-refractivity contribution < 1.29 is 0 Å². The smallest absolute Gasteiger partial charge is 0.148 e. The van der Waals surface area contributed by atoms with Crippen LogP contribution in [0.25, 0.3) is 66.3 Å². The Labute approximate surface area is 206 Å². The van der Waals surface area contributed by atoms with Gasteiger partial charge >= 0.3 is 0 Å². The van der Waals surface area contributed by atoms with Crippen LogP contribution in [-0.2, 0) is 0 Å². The first-order chi connectivity index (χ1) is 17.9. The number of benzene rings is 4. The van der Waals surface area contributed by atoms with E-state index in [0.717, 1.165) is 60.9 Å². The average molecular weight is 461 g/mol. The van der Waals surface area contributed by atoms with Gasteiger partial charge in [0, 0.05) is 22.5 Å². The van der Waals surface area contributed by atoms with Crippen molar-refractivity contribution >= 4 is 49.4 Å². The van der Waals surface area contributed by atoms with Crippen molar-refractivity contribution in [3.05, 3.63) is 121 Å². The van der Waals surface area contributed by atoms with Crippen molar-refractivity contribution in [2.24, 2.45) is 0 Å². The van der Waals surface area contributed by atoms with E-state index in [1.165, 1.54) is 5.39 Å². The molecular weight excluding hydrogens is 440 g/mol. The van der Waals surface area contributed by atoms with E-state index in [4.69, 9.17) is 9.97 Å². The summed E-state index contributed by atoms with van der Waals surface area (Å²) < 4.78 is 4.58. The number of hydrogen-bond donors (Lipinski definition) is 0. The SMILES string of the molecule is c1ccc(-c2cc(-n3c4ccccc4c4c3ccn3c5ccccc5nc43)c3ccccc3n2)cc1. The van der Waals surface area contributed by atoms with E-state index in [1.807, 2.05) is 12.1 Å². The average Bonchev–Trinajstić information content (AvgIpc) is 3.48. The Kier molecular flexibility index (Phi) is 3.91. The molecule has 0 N–H and O–H groups in total. The molecule has 4 aromatic carbocycles. The Morgan fingerprint density at radius 3 is 2.08 bits per heavy atom. The highest BCUT2D eigenvalue weighted by Gasteiger charge is 2.19. The highest BCUT2D eigenvalue weighted by atomic mass is 15.0. The highest BCUT2D eigenvalue weighted by Crippen LogP contribution is 2.38. The molecule has 168 valence electrons. The normalized spacial score (nSPS) is 11.9.